The van der Waals surface area contributed by atoms with E-state index in [1.165, 1.54) is 0 Å². The van der Waals surface area contributed by atoms with Gasteiger partial charge in [0.25, 0.3) is 0 Å². The number of hydrogen-bond donors (Lipinski definition) is 2. The summed E-state index contributed by atoms with van der Waals surface area (Å²) in [5, 5.41) is 5.88. The van der Waals surface area contributed by atoms with Crippen molar-refractivity contribution in [3.8, 4) is 0 Å². The number of benzene rings is 2. The van der Waals surface area contributed by atoms with Gasteiger partial charge >= 0.3 is 0 Å². The Morgan fingerprint density at radius 3 is 2.66 bits per heavy atom. The second-order valence-corrected chi connectivity index (χ2v) is 8.19. The largest absolute Gasteiger partial charge is 0.326 e. The minimum absolute atomic E-state index is 0.0954. The summed E-state index contributed by atoms with van der Waals surface area (Å²) in [4.78, 5) is 38.4. The molecule has 8 heteroatoms. The van der Waals surface area contributed by atoms with Crippen LogP contribution in [-0.2, 0) is 14.4 Å². The molecule has 2 aromatic rings. The predicted molar refractivity (Wildman–Crippen MR) is 118 cm³/mol. The van der Waals surface area contributed by atoms with E-state index in [0.717, 1.165) is 15.7 Å². The van der Waals surface area contributed by atoms with Crippen LogP contribution in [0.4, 0.5) is 17.1 Å². The number of halogens is 2. The van der Waals surface area contributed by atoms with E-state index in [1.54, 1.807) is 30.0 Å². The highest BCUT2D eigenvalue weighted by Crippen LogP contribution is 2.31. The molecule has 0 spiro atoms. The van der Waals surface area contributed by atoms with Crippen molar-refractivity contribution in [2.75, 3.05) is 22.1 Å². The Kier molecular flexibility index (Phi) is 6.59. The van der Waals surface area contributed by atoms with Crippen LogP contribution in [0.15, 0.2) is 40.9 Å². The van der Waals surface area contributed by atoms with Crippen LogP contribution in [0.3, 0.4) is 0 Å². The van der Waals surface area contributed by atoms with Gasteiger partial charge in [0.05, 0.1) is 16.6 Å². The Balaban J connectivity index is 1.71. The second-order valence-electron chi connectivity index (χ2n) is 6.92. The lowest BCUT2D eigenvalue weighted by Crippen LogP contribution is -2.28. The lowest BCUT2D eigenvalue weighted by atomic mass is 10.1. The fourth-order valence-corrected chi connectivity index (χ4v) is 3.52. The lowest BCUT2D eigenvalue weighted by molar-refractivity contribution is -0.122. The van der Waals surface area contributed by atoms with Gasteiger partial charge in [0.1, 0.15) is 0 Å². The van der Waals surface area contributed by atoms with Crippen LogP contribution in [0, 0.1) is 12.8 Å². The van der Waals surface area contributed by atoms with Crippen LogP contribution < -0.4 is 15.5 Å². The molecule has 1 aliphatic rings. The number of nitrogens with one attached hydrogen (secondary N) is 2. The maximum absolute atomic E-state index is 12.8. The van der Waals surface area contributed by atoms with Crippen molar-refractivity contribution < 1.29 is 14.4 Å². The first-order valence-corrected chi connectivity index (χ1v) is 10.4. The van der Waals surface area contributed by atoms with E-state index in [0.29, 0.717) is 29.4 Å². The molecule has 2 aromatic carbocycles. The number of hydrogen-bond acceptors (Lipinski definition) is 3. The zero-order chi connectivity index (χ0) is 21.1. The molecule has 1 atom stereocenters. The van der Waals surface area contributed by atoms with Gasteiger partial charge in [-0.25, -0.2) is 0 Å². The molecule has 0 aliphatic carbocycles. The third-order valence-electron chi connectivity index (χ3n) is 4.78. The maximum Gasteiger partial charge on any atom is 0.229 e. The molecule has 3 amide bonds. The number of carbonyl (C=O) groups excluding carboxylic acids is 3. The number of aryl methyl sites for hydroxylation is 1. The van der Waals surface area contributed by atoms with E-state index in [1.807, 2.05) is 25.1 Å². The highest BCUT2D eigenvalue weighted by Gasteiger charge is 2.35. The summed E-state index contributed by atoms with van der Waals surface area (Å²) < 4.78 is 0.965. The molecule has 0 aromatic heterocycles. The second kappa shape index (κ2) is 8.97. The van der Waals surface area contributed by atoms with Gasteiger partial charge in [-0.2, -0.15) is 0 Å². The minimum Gasteiger partial charge on any atom is -0.326 e. The van der Waals surface area contributed by atoms with Crippen LogP contribution in [0.2, 0.25) is 5.02 Å². The Labute approximate surface area is 182 Å². The summed E-state index contributed by atoms with van der Waals surface area (Å²) in [6.07, 6.45) is 0.477. The molecule has 29 heavy (non-hydrogen) atoms. The Bertz CT molecular complexity index is 980. The monoisotopic (exact) mass is 477 g/mol. The Morgan fingerprint density at radius 2 is 1.97 bits per heavy atom. The molecule has 0 radical (unpaired) electrons. The summed E-state index contributed by atoms with van der Waals surface area (Å²) in [5.74, 6) is -1.000. The van der Waals surface area contributed by atoms with E-state index in [4.69, 9.17) is 11.6 Å². The van der Waals surface area contributed by atoms with Crippen LogP contribution in [0.5, 0.6) is 0 Å². The molecule has 1 saturated heterocycles. The number of anilines is 3. The van der Waals surface area contributed by atoms with Gasteiger partial charge in [-0.15, -0.1) is 0 Å². The molecule has 1 aliphatic heterocycles. The highest BCUT2D eigenvalue weighted by molar-refractivity contribution is 9.10. The maximum atomic E-state index is 12.8. The molecule has 1 heterocycles. The Morgan fingerprint density at radius 1 is 1.21 bits per heavy atom. The smallest absolute Gasteiger partial charge is 0.229 e. The zero-order valence-corrected chi connectivity index (χ0v) is 18.4. The van der Waals surface area contributed by atoms with Gasteiger partial charge in [0, 0.05) is 35.2 Å². The molecular formula is C21H21BrClN3O3. The van der Waals surface area contributed by atoms with Gasteiger partial charge in [-0.05, 0) is 48.9 Å². The normalized spacial score (nSPS) is 16.1. The third-order valence-corrected chi connectivity index (χ3v) is 6.00. The molecule has 1 fully saturated rings. The number of carbonyl (C=O) groups is 3. The first-order valence-electron chi connectivity index (χ1n) is 9.25. The number of rotatable bonds is 5. The quantitative estimate of drug-likeness (QED) is 0.651. The predicted octanol–water partition coefficient (Wildman–Crippen LogP) is 4.75. The molecule has 0 bridgehead atoms. The fourth-order valence-electron chi connectivity index (χ4n) is 3.11. The minimum atomic E-state index is -0.489. The van der Waals surface area contributed by atoms with Crippen molar-refractivity contribution in [3.05, 3.63) is 51.5 Å². The van der Waals surface area contributed by atoms with Gasteiger partial charge < -0.3 is 15.5 Å². The van der Waals surface area contributed by atoms with Crippen molar-refractivity contribution in [1.29, 1.82) is 0 Å². The van der Waals surface area contributed by atoms with Gasteiger partial charge in [-0.3, -0.25) is 14.4 Å². The standard InChI is InChI=1S/C21H21BrClN3O3/c1-3-19(27)24-14-4-7-17(23)18(10-14)25-21(29)13-9-20(28)26(11-13)15-5-6-16(22)12(2)8-15/h4-8,10,13H,3,9,11H2,1-2H3,(H,24,27)(H,25,29). The molecule has 3 rings (SSSR count). The van der Waals surface area contributed by atoms with E-state index in [9.17, 15) is 14.4 Å². The van der Waals surface area contributed by atoms with Crippen LogP contribution in [0.1, 0.15) is 25.3 Å². The molecule has 6 nitrogen and oxygen atoms in total. The van der Waals surface area contributed by atoms with Crippen LogP contribution in [-0.4, -0.2) is 24.3 Å². The fraction of sp³-hybridized carbons (Fsp3) is 0.286. The number of nitrogens with zero attached hydrogens (tertiary/aromatic N) is 1. The molecule has 1 unspecified atom stereocenters. The van der Waals surface area contributed by atoms with E-state index >= 15 is 0 Å². The van der Waals surface area contributed by atoms with E-state index < -0.39 is 5.92 Å². The number of amides is 3. The highest BCUT2D eigenvalue weighted by atomic mass is 79.9. The van der Waals surface area contributed by atoms with Crippen LogP contribution in [0.25, 0.3) is 0 Å². The van der Waals surface area contributed by atoms with E-state index in [-0.39, 0.29) is 24.1 Å². The van der Waals surface area contributed by atoms with E-state index in [2.05, 4.69) is 26.6 Å². The molecule has 152 valence electrons. The topological polar surface area (TPSA) is 78.5 Å². The Hall–Kier alpha value is -2.38. The molecule has 2 N–H and O–H groups in total. The first kappa shape index (κ1) is 21.3. The zero-order valence-electron chi connectivity index (χ0n) is 16.1. The SMILES string of the molecule is CCC(=O)Nc1ccc(Cl)c(NC(=O)C2CC(=O)N(c3ccc(Br)c(C)c3)C2)c1. The van der Waals surface area contributed by atoms with Crippen molar-refractivity contribution >= 4 is 62.3 Å². The summed E-state index contributed by atoms with van der Waals surface area (Å²) in [7, 11) is 0. The third kappa shape index (κ3) is 4.97. The van der Waals surface area contributed by atoms with Crippen molar-refractivity contribution in [3.63, 3.8) is 0 Å². The summed E-state index contributed by atoms with van der Waals surface area (Å²) in [6, 6.07) is 10.5. The first-order chi connectivity index (χ1) is 13.8. The van der Waals surface area contributed by atoms with Crippen LogP contribution >= 0.6 is 27.5 Å². The average molecular weight is 479 g/mol. The van der Waals surface area contributed by atoms with Crippen molar-refractivity contribution in [1.82, 2.24) is 0 Å². The summed E-state index contributed by atoms with van der Waals surface area (Å²) in [6.45, 7) is 4.00. The summed E-state index contributed by atoms with van der Waals surface area (Å²) in [5.41, 5.74) is 2.73. The van der Waals surface area contributed by atoms with Gasteiger partial charge in [0.15, 0.2) is 0 Å². The van der Waals surface area contributed by atoms with Crippen molar-refractivity contribution in [2.45, 2.75) is 26.7 Å². The van der Waals surface area contributed by atoms with Gasteiger partial charge in [0.2, 0.25) is 17.7 Å². The lowest BCUT2D eigenvalue weighted by Gasteiger charge is -2.18. The van der Waals surface area contributed by atoms with Crippen molar-refractivity contribution in [2.24, 2.45) is 5.92 Å². The summed E-state index contributed by atoms with van der Waals surface area (Å²) >= 11 is 9.64. The molecule has 0 saturated carbocycles. The average Bonchev–Trinajstić information content (AvgIpc) is 3.08. The molecular weight excluding hydrogens is 458 g/mol. The van der Waals surface area contributed by atoms with Gasteiger partial charge in [-0.1, -0.05) is 34.5 Å².